The molecule has 1 amide bonds. The van der Waals surface area contributed by atoms with Gasteiger partial charge in [0, 0.05) is 16.5 Å². The van der Waals surface area contributed by atoms with Crippen molar-refractivity contribution in [3.05, 3.63) is 76.6 Å². The number of aromatic nitrogens is 1. The fourth-order valence-corrected chi connectivity index (χ4v) is 3.26. The normalized spacial score (nSPS) is 12.0. The highest BCUT2D eigenvalue weighted by Gasteiger charge is 2.27. The molecule has 3 aromatic rings. The van der Waals surface area contributed by atoms with Gasteiger partial charge in [0.1, 0.15) is 5.76 Å². The molecule has 6 nitrogen and oxygen atoms in total. The van der Waals surface area contributed by atoms with Gasteiger partial charge >= 0.3 is 5.97 Å². The average Bonchev–Trinajstić information content (AvgIpc) is 3.14. The number of nitrogens with zero attached hydrogens (tertiary/aromatic N) is 1. The van der Waals surface area contributed by atoms with Crippen LogP contribution in [0.1, 0.15) is 54.0 Å². The van der Waals surface area contributed by atoms with Gasteiger partial charge in [0.15, 0.2) is 5.69 Å². The second kappa shape index (κ2) is 8.92. The Morgan fingerprint density at radius 2 is 1.76 bits per heavy atom. The van der Waals surface area contributed by atoms with Gasteiger partial charge in [-0.1, -0.05) is 61.8 Å². The molecule has 29 heavy (non-hydrogen) atoms. The third-order valence-corrected chi connectivity index (χ3v) is 4.72. The molecule has 7 heteroatoms. The minimum absolute atomic E-state index is 0.0843. The Kier molecular flexibility index (Phi) is 6.34. The van der Waals surface area contributed by atoms with Crippen LogP contribution < -0.4 is 5.32 Å². The van der Waals surface area contributed by atoms with Crippen molar-refractivity contribution in [1.29, 1.82) is 0 Å². The van der Waals surface area contributed by atoms with E-state index in [-0.39, 0.29) is 18.0 Å². The van der Waals surface area contributed by atoms with E-state index in [1.54, 1.807) is 24.3 Å². The molecule has 0 bridgehead atoms. The van der Waals surface area contributed by atoms with Crippen molar-refractivity contribution in [2.24, 2.45) is 0 Å². The van der Waals surface area contributed by atoms with Crippen LogP contribution in [0.5, 0.6) is 0 Å². The Balaban J connectivity index is 1.95. The van der Waals surface area contributed by atoms with E-state index in [9.17, 15) is 14.7 Å². The molecular weight excluding hydrogens is 392 g/mol. The lowest BCUT2D eigenvalue weighted by Crippen LogP contribution is -2.31. The van der Waals surface area contributed by atoms with Crippen LogP contribution in [0.2, 0.25) is 5.02 Å². The Hall–Kier alpha value is -3.12. The van der Waals surface area contributed by atoms with Crippen molar-refractivity contribution in [2.75, 3.05) is 0 Å². The third kappa shape index (κ3) is 4.84. The molecule has 1 atom stereocenters. The van der Waals surface area contributed by atoms with Crippen LogP contribution in [0.4, 0.5) is 0 Å². The van der Waals surface area contributed by atoms with E-state index in [0.29, 0.717) is 22.2 Å². The van der Waals surface area contributed by atoms with Crippen LogP contribution in [0.3, 0.4) is 0 Å². The number of carbonyl (C=O) groups is 2. The smallest absolute Gasteiger partial charge is 0.305 e. The summed E-state index contributed by atoms with van der Waals surface area (Å²) in [4.78, 5) is 28.8. The maximum Gasteiger partial charge on any atom is 0.305 e. The van der Waals surface area contributed by atoms with Gasteiger partial charge in [-0.15, -0.1) is 0 Å². The van der Waals surface area contributed by atoms with Gasteiger partial charge in [0.25, 0.3) is 5.91 Å². The van der Waals surface area contributed by atoms with Gasteiger partial charge in [-0.05, 0) is 23.8 Å². The van der Waals surface area contributed by atoms with Crippen molar-refractivity contribution < 1.29 is 19.1 Å². The van der Waals surface area contributed by atoms with Crippen LogP contribution in [-0.2, 0) is 4.79 Å². The fourth-order valence-electron chi connectivity index (χ4n) is 2.99. The summed E-state index contributed by atoms with van der Waals surface area (Å²) in [5.74, 6) is -0.865. The van der Waals surface area contributed by atoms with Crippen LogP contribution >= 0.6 is 11.6 Å². The molecule has 1 aromatic heterocycles. The second-order valence-electron chi connectivity index (χ2n) is 6.90. The van der Waals surface area contributed by atoms with Gasteiger partial charge in [0.05, 0.1) is 12.5 Å². The molecule has 0 saturated heterocycles. The van der Waals surface area contributed by atoms with Crippen LogP contribution in [0.25, 0.3) is 11.5 Å². The lowest BCUT2D eigenvalue weighted by molar-refractivity contribution is -0.137. The molecule has 0 saturated carbocycles. The quantitative estimate of drug-likeness (QED) is 0.565. The monoisotopic (exact) mass is 412 g/mol. The highest BCUT2D eigenvalue weighted by molar-refractivity contribution is 6.31. The minimum atomic E-state index is -1.05. The highest BCUT2D eigenvalue weighted by atomic mass is 35.5. The van der Waals surface area contributed by atoms with E-state index in [4.69, 9.17) is 16.0 Å². The molecule has 0 aliphatic heterocycles. The van der Waals surface area contributed by atoms with Crippen LogP contribution in [0.15, 0.2) is 59.0 Å². The zero-order valence-corrected chi connectivity index (χ0v) is 16.8. The first-order valence-electron chi connectivity index (χ1n) is 9.20. The Labute approximate surface area is 173 Å². The van der Waals surface area contributed by atoms with Crippen molar-refractivity contribution in [3.63, 3.8) is 0 Å². The largest absolute Gasteiger partial charge is 0.481 e. The standard InChI is InChI=1S/C22H21ClN2O4/c1-13(2)20-19(25-22(29-20)14-8-4-3-5-9-14)21(28)24-17(12-18(26)27)15-10-6-7-11-16(15)23/h3-11,13,17H,12H2,1-2H3,(H,24,28)(H,26,27)/t17-/m0/s1. The Morgan fingerprint density at radius 1 is 1.10 bits per heavy atom. The zero-order chi connectivity index (χ0) is 21.0. The summed E-state index contributed by atoms with van der Waals surface area (Å²) in [6.07, 6.45) is -0.310. The fraction of sp³-hybridized carbons (Fsp3) is 0.227. The van der Waals surface area contributed by atoms with Crippen molar-refractivity contribution in [3.8, 4) is 11.5 Å². The summed E-state index contributed by atoms with van der Waals surface area (Å²) in [6, 6.07) is 15.3. The van der Waals surface area contributed by atoms with E-state index in [1.165, 1.54) is 0 Å². The number of nitrogens with one attached hydrogen (secondary N) is 1. The Bertz CT molecular complexity index is 1010. The van der Waals surface area contributed by atoms with Gasteiger partial charge in [0.2, 0.25) is 5.89 Å². The lowest BCUT2D eigenvalue weighted by atomic mass is 10.0. The number of oxazole rings is 1. The van der Waals surface area contributed by atoms with Crippen molar-refractivity contribution in [2.45, 2.75) is 32.2 Å². The molecule has 0 aliphatic carbocycles. The topological polar surface area (TPSA) is 92.4 Å². The number of benzene rings is 2. The number of halogens is 1. The number of amides is 1. The first kappa shape index (κ1) is 20.6. The zero-order valence-electron chi connectivity index (χ0n) is 16.1. The van der Waals surface area contributed by atoms with Crippen LogP contribution in [0, 0.1) is 0 Å². The number of aliphatic carboxylic acids is 1. The molecule has 3 rings (SSSR count). The maximum atomic E-state index is 13.0. The number of carbonyl (C=O) groups excluding carboxylic acids is 1. The molecule has 0 fully saturated rings. The number of carboxylic acid groups (broad SMARTS) is 1. The van der Waals surface area contributed by atoms with E-state index >= 15 is 0 Å². The summed E-state index contributed by atoms with van der Waals surface area (Å²) in [5.41, 5.74) is 1.42. The van der Waals surface area contributed by atoms with Crippen molar-refractivity contribution in [1.82, 2.24) is 10.3 Å². The predicted octanol–water partition coefficient (Wildman–Crippen LogP) is 5.06. The van der Waals surface area contributed by atoms with E-state index < -0.39 is 17.9 Å². The Morgan fingerprint density at radius 3 is 2.38 bits per heavy atom. The summed E-state index contributed by atoms with van der Waals surface area (Å²) in [6.45, 7) is 3.80. The number of carboxylic acids is 1. The molecular formula is C22H21ClN2O4. The molecule has 150 valence electrons. The lowest BCUT2D eigenvalue weighted by Gasteiger charge is -2.18. The van der Waals surface area contributed by atoms with E-state index in [1.807, 2.05) is 44.2 Å². The first-order valence-corrected chi connectivity index (χ1v) is 9.57. The van der Waals surface area contributed by atoms with Gasteiger partial charge < -0.3 is 14.8 Å². The predicted molar refractivity (Wildman–Crippen MR) is 110 cm³/mol. The molecule has 1 heterocycles. The average molecular weight is 413 g/mol. The van der Waals surface area contributed by atoms with Gasteiger partial charge in [-0.3, -0.25) is 9.59 Å². The second-order valence-corrected chi connectivity index (χ2v) is 7.31. The summed E-state index contributed by atoms with van der Waals surface area (Å²) < 4.78 is 5.86. The summed E-state index contributed by atoms with van der Waals surface area (Å²) >= 11 is 6.22. The van der Waals surface area contributed by atoms with Crippen molar-refractivity contribution >= 4 is 23.5 Å². The third-order valence-electron chi connectivity index (χ3n) is 4.38. The molecule has 0 unspecified atom stereocenters. The summed E-state index contributed by atoms with van der Waals surface area (Å²) in [7, 11) is 0. The van der Waals surface area contributed by atoms with E-state index in [2.05, 4.69) is 10.3 Å². The molecule has 0 aliphatic rings. The number of hydrogen-bond acceptors (Lipinski definition) is 4. The SMILES string of the molecule is CC(C)c1oc(-c2ccccc2)nc1C(=O)N[C@@H](CC(=O)O)c1ccccc1Cl. The van der Waals surface area contributed by atoms with Gasteiger partial charge in [-0.25, -0.2) is 4.98 Å². The maximum absolute atomic E-state index is 13.0. The molecule has 2 aromatic carbocycles. The first-order chi connectivity index (χ1) is 13.9. The molecule has 0 radical (unpaired) electrons. The van der Waals surface area contributed by atoms with Gasteiger partial charge in [-0.2, -0.15) is 0 Å². The molecule has 0 spiro atoms. The number of hydrogen-bond donors (Lipinski definition) is 2. The number of rotatable bonds is 7. The summed E-state index contributed by atoms with van der Waals surface area (Å²) in [5, 5.41) is 12.4. The molecule has 2 N–H and O–H groups in total. The minimum Gasteiger partial charge on any atom is -0.481 e. The van der Waals surface area contributed by atoms with E-state index in [0.717, 1.165) is 5.56 Å². The van der Waals surface area contributed by atoms with Crippen LogP contribution in [-0.4, -0.2) is 22.0 Å². The highest BCUT2D eigenvalue weighted by Crippen LogP contribution is 2.29.